The van der Waals surface area contributed by atoms with Crippen molar-refractivity contribution in [3.8, 4) is 5.75 Å². The summed E-state index contributed by atoms with van der Waals surface area (Å²) in [4.78, 5) is 41.5. The van der Waals surface area contributed by atoms with Crippen molar-refractivity contribution in [2.75, 3.05) is 40.9 Å². The number of carbonyl (C=O) groups excluding carboxylic acids is 3. The minimum atomic E-state index is -0.825. The third-order valence-electron chi connectivity index (χ3n) is 5.70. The molecule has 1 saturated heterocycles. The van der Waals surface area contributed by atoms with Gasteiger partial charge >= 0.3 is 5.97 Å². The fourth-order valence-electron chi connectivity index (χ4n) is 4.01. The molecule has 0 radical (unpaired) electrons. The van der Waals surface area contributed by atoms with Gasteiger partial charge in [-0.15, -0.1) is 0 Å². The van der Waals surface area contributed by atoms with Gasteiger partial charge in [0.15, 0.2) is 0 Å². The topological polar surface area (TPSA) is 96.4 Å². The molecule has 9 heteroatoms. The zero-order valence-electron chi connectivity index (χ0n) is 20.2. The van der Waals surface area contributed by atoms with Crippen LogP contribution < -0.4 is 4.74 Å². The van der Waals surface area contributed by atoms with Gasteiger partial charge in [0.05, 0.1) is 35.9 Å². The molecule has 1 amide bonds. The van der Waals surface area contributed by atoms with Gasteiger partial charge in [-0.05, 0) is 69.9 Å². The van der Waals surface area contributed by atoms with Gasteiger partial charge in [0.1, 0.15) is 11.5 Å². The summed E-state index contributed by atoms with van der Waals surface area (Å²) >= 11 is 6.30. The van der Waals surface area contributed by atoms with Crippen molar-refractivity contribution < 1.29 is 29.0 Å². The molecule has 1 heterocycles. The minimum Gasteiger partial charge on any atom is -0.507 e. The predicted octanol–water partition coefficient (Wildman–Crippen LogP) is 3.90. The average molecular weight is 501 g/mol. The van der Waals surface area contributed by atoms with E-state index in [2.05, 4.69) is 0 Å². The summed E-state index contributed by atoms with van der Waals surface area (Å²) in [6.07, 6.45) is 0.631. The van der Waals surface area contributed by atoms with Crippen LogP contribution in [0.25, 0.3) is 5.76 Å². The van der Waals surface area contributed by atoms with Crippen molar-refractivity contribution in [1.82, 2.24) is 9.80 Å². The molecule has 1 aliphatic rings. The van der Waals surface area contributed by atoms with Crippen molar-refractivity contribution in [3.63, 3.8) is 0 Å². The molecule has 0 spiro atoms. The molecule has 1 aliphatic heterocycles. The van der Waals surface area contributed by atoms with Crippen LogP contribution >= 0.6 is 11.6 Å². The molecule has 1 N–H and O–H groups in total. The molecule has 0 bridgehead atoms. The Morgan fingerprint density at radius 2 is 1.77 bits per heavy atom. The van der Waals surface area contributed by atoms with Gasteiger partial charge in [-0.3, -0.25) is 9.59 Å². The second kappa shape index (κ2) is 11.4. The third kappa shape index (κ3) is 5.66. The maximum Gasteiger partial charge on any atom is 0.337 e. The van der Waals surface area contributed by atoms with Crippen LogP contribution in [0, 0.1) is 0 Å². The Bertz CT molecular complexity index is 1140. The van der Waals surface area contributed by atoms with Crippen LogP contribution in [0.15, 0.2) is 48.0 Å². The number of amides is 1. The number of aliphatic hydroxyl groups excluding tert-OH is 1. The number of hydrogen-bond donors (Lipinski definition) is 1. The number of ether oxygens (including phenoxy) is 2. The average Bonchev–Trinajstić information content (AvgIpc) is 3.09. The Labute approximate surface area is 209 Å². The lowest BCUT2D eigenvalue weighted by Gasteiger charge is -2.26. The quantitative estimate of drug-likeness (QED) is 0.241. The second-order valence-corrected chi connectivity index (χ2v) is 8.75. The van der Waals surface area contributed by atoms with Crippen LogP contribution in [0.1, 0.15) is 40.9 Å². The molecule has 1 fully saturated rings. The highest BCUT2D eigenvalue weighted by atomic mass is 35.5. The Balaban J connectivity index is 2.09. The number of halogens is 1. The van der Waals surface area contributed by atoms with E-state index < -0.39 is 23.7 Å². The van der Waals surface area contributed by atoms with Crippen LogP contribution in [0.2, 0.25) is 5.02 Å². The highest BCUT2D eigenvalue weighted by Gasteiger charge is 2.45. The van der Waals surface area contributed by atoms with E-state index >= 15 is 0 Å². The molecule has 8 nitrogen and oxygen atoms in total. The van der Waals surface area contributed by atoms with Crippen LogP contribution in [0.3, 0.4) is 0 Å². The van der Waals surface area contributed by atoms with Crippen molar-refractivity contribution in [1.29, 1.82) is 0 Å². The van der Waals surface area contributed by atoms with Crippen LogP contribution in [-0.4, -0.2) is 73.5 Å². The van der Waals surface area contributed by atoms with Gasteiger partial charge in [-0.25, -0.2) is 4.79 Å². The summed E-state index contributed by atoms with van der Waals surface area (Å²) in [6.45, 7) is 3.27. The summed E-state index contributed by atoms with van der Waals surface area (Å²) in [5.41, 5.74) is 1.17. The molecule has 0 unspecified atom stereocenters. The second-order valence-electron chi connectivity index (χ2n) is 8.34. The largest absolute Gasteiger partial charge is 0.507 e. The monoisotopic (exact) mass is 500 g/mol. The number of Topliss-reactive ketones (excluding diaryl/α,β-unsaturated/α-hetero) is 1. The fourth-order valence-corrected chi connectivity index (χ4v) is 4.25. The number of hydrogen-bond acceptors (Lipinski definition) is 7. The van der Waals surface area contributed by atoms with Crippen LogP contribution in [-0.2, 0) is 14.3 Å². The van der Waals surface area contributed by atoms with Crippen LogP contribution in [0.5, 0.6) is 5.75 Å². The lowest BCUT2D eigenvalue weighted by molar-refractivity contribution is -0.139. The highest BCUT2D eigenvalue weighted by Crippen LogP contribution is 2.40. The first-order valence-corrected chi connectivity index (χ1v) is 11.6. The van der Waals surface area contributed by atoms with Gasteiger partial charge < -0.3 is 24.4 Å². The molecule has 35 heavy (non-hydrogen) atoms. The van der Waals surface area contributed by atoms with Gasteiger partial charge in [0.25, 0.3) is 11.7 Å². The molecular formula is C26H29ClN2O6. The molecule has 0 saturated carbocycles. The predicted molar refractivity (Wildman–Crippen MR) is 133 cm³/mol. The summed E-state index contributed by atoms with van der Waals surface area (Å²) < 4.78 is 10.2. The molecule has 0 aliphatic carbocycles. The first-order valence-electron chi connectivity index (χ1n) is 11.2. The summed E-state index contributed by atoms with van der Waals surface area (Å²) in [7, 11) is 5.14. The van der Waals surface area contributed by atoms with E-state index in [4.69, 9.17) is 21.1 Å². The molecule has 186 valence electrons. The number of methoxy groups -OCH3 is 1. The number of nitrogens with zero attached hydrogens (tertiary/aromatic N) is 2. The highest BCUT2D eigenvalue weighted by molar-refractivity contribution is 6.46. The number of rotatable bonds is 9. The first kappa shape index (κ1) is 26.2. The first-order chi connectivity index (χ1) is 16.7. The van der Waals surface area contributed by atoms with Crippen molar-refractivity contribution in [2.24, 2.45) is 0 Å². The zero-order valence-corrected chi connectivity index (χ0v) is 21.0. The Morgan fingerprint density at radius 1 is 1.11 bits per heavy atom. The van der Waals surface area contributed by atoms with Crippen LogP contribution in [0.4, 0.5) is 0 Å². The maximum absolute atomic E-state index is 13.1. The SMILES string of the molecule is CCOc1ccc(C(O)=C2C(=O)C(=O)N(CCCN(C)C)[C@H]2c2ccc(C(=O)OC)cc2)cc1Cl. The van der Waals surface area contributed by atoms with E-state index in [9.17, 15) is 19.5 Å². The molecule has 2 aromatic rings. The number of likely N-dealkylation sites (tertiary alicyclic amines) is 1. The van der Waals surface area contributed by atoms with Gasteiger partial charge in [0, 0.05) is 12.1 Å². The van der Waals surface area contributed by atoms with Gasteiger partial charge in [-0.2, -0.15) is 0 Å². The minimum absolute atomic E-state index is 0.0362. The lowest BCUT2D eigenvalue weighted by Crippen LogP contribution is -2.32. The van der Waals surface area contributed by atoms with E-state index in [0.717, 1.165) is 0 Å². The van der Waals surface area contributed by atoms with E-state index in [0.29, 0.717) is 48.6 Å². The van der Waals surface area contributed by atoms with Crippen molar-refractivity contribution in [3.05, 3.63) is 69.8 Å². The summed E-state index contributed by atoms with van der Waals surface area (Å²) in [5.74, 6) is -1.85. The standard InChI is InChI=1S/C26H29ClN2O6/c1-5-35-20-12-11-18(15-19(20)27)23(30)21-22(16-7-9-17(10-8-16)26(33)34-4)29(25(32)24(21)31)14-6-13-28(2)3/h7-12,15,22,30H,5-6,13-14H2,1-4H3/t22-/m0/s1. The molecule has 3 rings (SSSR count). The number of aliphatic hydroxyl groups is 1. The number of esters is 1. The van der Waals surface area contributed by atoms with Gasteiger partial charge in [-0.1, -0.05) is 23.7 Å². The van der Waals surface area contributed by atoms with Gasteiger partial charge in [0.2, 0.25) is 0 Å². The third-order valence-corrected chi connectivity index (χ3v) is 5.99. The molecule has 1 atom stereocenters. The van der Waals surface area contributed by atoms with E-state index in [-0.39, 0.29) is 16.4 Å². The maximum atomic E-state index is 13.1. The summed E-state index contributed by atoms with van der Waals surface area (Å²) in [5, 5.41) is 11.5. The molecule has 0 aromatic heterocycles. The van der Waals surface area contributed by atoms with E-state index in [1.165, 1.54) is 18.1 Å². The smallest absolute Gasteiger partial charge is 0.337 e. The fraction of sp³-hybridized carbons (Fsp3) is 0.346. The Kier molecular flexibility index (Phi) is 8.53. The summed E-state index contributed by atoms with van der Waals surface area (Å²) in [6, 6.07) is 10.3. The Hall–Kier alpha value is -3.36. The number of ketones is 1. The lowest BCUT2D eigenvalue weighted by atomic mass is 9.94. The van der Waals surface area contributed by atoms with Crippen molar-refractivity contribution >= 4 is 35.0 Å². The molecule has 2 aromatic carbocycles. The van der Waals surface area contributed by atoms with E-state index in [1.807, 2.05) is 25.9 Å². The zero-order chi connectivity index (χ0) is 25.7. The number of benzene rings is 2. The van der Waals surface area contributed by atoms with Crippen molar-refractivity contribution in [2.45, 2.75) is 19.4 Å². The number of carbonyl (C=O) groups is 3. The van der Waals surface area contributed by atoms with E-state index in [1.54, 1.807) is 36.4 Å². The normalized spacial score (nSPS) is 17.2. The Morgan fingerprint density at radius 3 is 2.34 bits per heavy atom. The molecular weight excluding hydrogens is 472 g/mol.